The minimum absolute atomic E-state index is 0.454. The van der Waals surface area contributed by atoms with Crippen LogP contribution < -0.4 is 4.90 Å². The van der Waals surface area contributed by atoms with Crippen LogP contribution in [0.25, 0.3) is 27.9 Å². The van der Waals surface area contributed by atoms with Gasteiger partial charge >= 0.3 is 0 Å². The molecule has 3 heterocycles. The van der Waals surface area contributed by atoms with Gasteiger partial charge in [-0.2, -0.15) is 0 Å². The summed E-state index contributed by atoms with van der Waals surface area (Å²) in [5.41, 5.74) is 2.75. The van der Waals surface area contributed by atoms with Crippen molar-refractivity contribution in [3.63, 3.8) is 0 Å². The van der Waals surface area contributed by atoms with Crippen LogP contribution in [-0.4, -0.2) is 56.7 Å². The van der Waals surface area contributed by atoms with Gasteiger partial charge in [0, 0.05) is 48.2 Å². The van der Waals surface area contributed by atoms with Crippen molar-refractivity contribution >= 4 is 34.1 Å². The zero-order chi connectivity index (χ0) is 21.5. The molecule has 5 rings (SSSR count). The molecule has 1 aliphatic heterocycles. The second-order valence-corrected chi connectivity index (χ2v) is 9.24. The van der Waals surface area contributed by atoms with E-state index in [0.717, 1.165) is 60.1 Å². The zero-order valence-corrected chi connectivity index (χ0v) is 18.9. The van der Waals surface area contributed by atoms with Gasteiger partial charge in [-0.25, -0.2) is 9.38 Å². The predicted molar refractivity (Wildman–Crippen MR) is 127 cm³/mol. The third kappa shape index (κ3) is 3.75. The fourth-order valence-electron chi connectivity index (χ4n) is 4.48. The molecule has 0 saturated carbocycles. The van der Waals surface area contributed by atoms with Crippen molar-refractivity contribution in [2.24, 2.45) is 5.92 Å². The second-order valence-electron chi connectivity index (χ2n) is 8.80. The van der Waals surface area contributed by atoms with Crippen LogP contribution in [-0.2, 0) is 0 Å². The molecule has 0 radical (unpaired) electrons. The van der Waals surface area contributed by atoms with Crippen molar-refractivity contribution in [2.45, 2.75) is 26.8 Å². The van der Waals surface area contributed by atoms with Crippen LogP contribution in [0.2, 0.25) is 5.02 Å². The number of fused-ring (bicyclic) bond motifs is 3. The minimum Gasteiger partial charge on any atom is -0.339 e. The predicted octanol–water partition coefficient (Wildman–Crippen LogP) is 4.76. The Kier molecular flexibility index (Phi) is 5.28. The highest BCUT2D eigenvalue weighted by molar-refractivity contribution is 6.30. The summed E-state index contributed by atoms with van der Waals surface area (Å²) < 4.78 is 2.11. The summed E-state index contributed by atoms with van der Waals surface area (Å²) in [6.45, 7) is 10.9. The molecule has 4 aromatic rings. The Hall–Kier alpha value is -2.70. The lowest BCUT2D eigenvalue weighted by atomic mass is 10.1. The fourth-order valence-corrected chi connectivity index (χ4v) is 4.61. The largest absolute Gasteiger partial charge is 0.339 e. The summed E-state index contributed by atoms with van der Waals surface area (Å²) >= 11 is 6.12. The molecule has 1 saturated heterocycles. The maximum Gasteiger partial charge on any atom is 0.213 e. The molecule has 1 fully saturated rings. The summed E-state index contributed by atoms with van der Waals surface area (Å²) in [5.74, 6) is 2.35. The maximum atomic E-state index is 6.12. The number of para-hydroxylation sites is 1. The first-order valence-electron chi connectivity index (χ1n) is 10.9. The number of anilines is 1. The Morgan fingerprint density at radius 1 is 1.03 bits per heavy atom. The van der Waals surface area contributed by atoms with Gasteiger partial charge in [0.2, 0.25) is 5.95 Å². The molecule has 6 nitrogen and oxygen atoms in total. The number of hydrogen-bond acceptors (Lipinski definition) is 5. The first-order valence-corrected chi connectivity index (χ1v) is 11.3. The van der Waals surface area contributed by atoms with Gasteiger partial charge in [-0.3, -0.25) is 4.90 Å². The Bertz CT molecular complexity index is 1220. The van der Waals surface area contributed by atoms with Gasteiger partial charge in [-0.1, -0.05) is 37.6 Å². The lowest BCUT2D eigenvalue weighted by molar-refractivity contribution is 0.168. The van der Waals surface area contributed by atoms with Gasteiger partial charge in [0.15, 0.2) is 11.5 Å². The van der Waals surface area contributed by atoms with E-state index in [4.69, 9.17) is 16.6 Å². The molecule has 31 heavy (non-hydrogen) atoms. The number of piperazine rings is 1. The molecule has 0 amide bonds. The number of nitrogens with zero attached hydrogens (tertiary/aromatic N) is 6. The third-order valence-electron chi connectivity index (χ3n) is 5.98. The highest BCUT2D eigenvalue weighted by atomic mass is 35.5. The van der Waals surface area contributed by atoms with Gasteiger partial charge < -0.3 is 4.90 Å². The van der Waals surface area contributed by atoms with Gasteiger partial charge in [0.05, 0.1) is 5.52 Å². The average Bonchev–Trinajstić information content (AvgIpc) is 3.20. The SMILES string of the molecule is CC(C)CN1CCN(c2nc3ccccc3c3nnc(-c4ccc(Cl)cc4)n23)C[C@@H]1C. The van der Waals surface area contributed by atoms with Crippen molar-refractivity contribution in [1.29, 1.82) is 0 Å². The number of aromatic nitrogens is 4. The minimum atomic E-state index is 0.454. The zero-order valence-electron chi connectivity index (χ0n) is 18.2. The van der Waals surface area contributed by atoms with Crippen LogP contribution >= 0.6 is 11.6 Å². The van der Waals surface area contributed by atoms with Crippen molar-refractivity contribution in [1.82, 2.24) is 24.5 Å². The van der Waals surface area contributed by atoms with Gasteiger partial charge in [0.1, 0.15) is 0 Å². The molecule has 7 heteroatoms. The van der Waals surface area contributed by atoms with E-state index in [1.165, 1.54) is 0 Å². The normalized spacial score (nSPS) is 17.8. The molecular weight excluding hydrogens is 408 g/mol. The van der Waals surface area contributed by atoms with Gasteiger partial charge in [0.25, 0.3) is 0 Å². The molecule has 1 atom stereocenters. The van der Waals surface area contributed by atoms with Gasteiger partial charge in [-0.05, 0) is 49.2 Å². The topological polar surface area (TPSA) is 49.6 Å². The quantitative estimate of drug-likeness (QED) is 0.463. The first kappa shape index (κ1) is 20.2. The summed E-state index contributed by atoms with van der Waals surface area (Å²) in [6.07, 6.45) is 0. The van der Waals surface area contributed by atoms with Crippen LogP contribution in [0.15, 0.2) is 48.5 Å². The van der Waals surface area contributed by atoms with Crippen LogP contribution in [0.1, 0.15) is 20.8 Å². The molecule has 0 bridgehead atoms. The summed E-state index contributed by atoms with van der Waals surface area (Å²) in [5, 5.41) is 10.9. The molecule has 0 spiro atoms. The molecule has 0 unspecified atom stereocenters. The molecule has 160 valence electrons. The van der Waals surface area contributed by atoms with Crippen LogP contribution in [0, 0.1) is 5.92 Å². The van der Waals surface area contributed by atoms with E-state index in [1.807, 2.05) is 42.5 Å². The number of halogens is 1. The number of benzene rings is 2. The van der Waals surface area contributed by atoms with Crippen LogP contribution in [0.3, 0.4) is 0 Å². The lowest BCUT2D eigenvalue weighted by Gasteiger charge is -2.41. The first-order chi connectivity index (χ1) is 15.0. The Morgan fingerprint density at radius 3 is 2.55 bits per heavy atom. The fraction of sp³-hybridized carbons (Fsp3) is 0.375. The van der Waals surface area contributed by atoms with Crippen LogP contribution in [0.5, 0.6) is 0 Å². The van der Waals surface area contributed by atoms with Crippen molar-refractivity contribution < 1.29 is 0 Å². The van der Waals surface area contributed by atoms with E-state index in [-0.39, 0.29) is 0 Å². The second kappa shape index (κ2) is 8.09. The molecule has 1 aliphatic rings. The highest BCUT2D eigenvalue weighted by Gasteiger charge is 2.28. The summed E-state index contributed by atoms with van der Waals surface area (Å²) in [7, 11) is 0. The molecule has 2 aromatic heterocycles. The van der Waals surface area contributed by atoms with Gasteiger partial charge in [-0.15, -0.1) is 10.2 Å². The van der Waals surface area contributed by atoms with Crippen molar-refractivity contribution in [3.05, 3.63) is 53.6 Å². The summed E-state index contributed by atoms with van der Waals surface area (Å²) in [6, 6.07) is 16.4. The van der Waals surface area contributed by atoms with E-state index >= 15 is 0 Å². The van der Waals surface area contributed by atoms with E-state index < -0.39 is 0 Å². The molecular formula is C24H27ClN6. The Balaban J connectivity index is 1.64. The van der Waals surface area contributed by atoms with Crippen molar-refractivity contribution in [3.8, 4) is 11.4 Å². The summed E-state index contributed by atoms with van der Waals surface area (Å²) in [4.78, 5) is 10.0. The van der Waals surface area contributed by atoms with Crippen molar-refractivity contribution in [2.75, 3.05) is 31.1 Å². The average molecular weight is 435 g/mol. The number of hydrogen-bond donors (Lipinski definition) is 0. The Morgan fingerprint density at radius 2 is 1.81 bits per heavy atom. The van der Waals surface area contributed by atoms with E-state index in [0.29, 0.717) is 17.0 Å². The third-order valence-corrected chi connectivity index (χ3v) is 6.23. The standard InChI is InChI=1S/C24H27ClN6/c1-16(2)14-29-12-13-30(15-17(29)3)24-26-21-7-5-4-6-20(21)23-28-27-22(31(23)24)18-8-10-19(25)11-9-18/h4-11,16-17H,12-15H2,1-3H3/t17-/m0/s1. The highest BCUT2D eigenvalue weighted by Crippen LogP contribution is 2.30. The monoisotopic (exact) mass is 434 g/mol. The lowest BCUT2D eigenvalue weighted by Crippen LogP contribution is -2.53. The van der Waals surface area contributed by atoms with E-state index in [1.54, 1.807) is 0 Å². The molecule has 2 aromatic carbocycles. The molecule has 0 N–H and O–H groups in total. The Labute approximate surface area is 187 Å². The number of rotatable bonds is 4. The molecule has 0 aliphatic carbocycles. The smallest absolute Gasteiger partial charge is 0.213 e. The van der Waals surface area contributed by atoms with E-state index in [9.17, 15) is 0 Å². The maximum absolute atomic E-state index is 6.12. The van der Waals surface area contributed by atoms with E-state index in [2.05, 4.69) is 51.2 Å². The van der Waals surface area contributed by atoms with Crippen LogP contribution in [0.4, 0.5) is 5.95 Å².